The van der Waals surface area contributed by atoms with Gasteiger partial charge in [0.2, 0.25) is 0 Å². The highest BCUT2D eigenvalue weighted by atomic mass is 32.1. The SMILES string of the molecule is c1cc(-c2ccc(N(c3ccc(-c4ccc5ccc6ccccc6c5c4)cc3)c3ccc4c(c3)sc3c5ccccc5ccc43)cc2)cc(-n2c3ccccc3c3ccccc32)c1. The molecule has 0 radical (unpaired) electrons. The number of benzene rings is 11. The van der Waals surface area contributed by atoms with Gasteiger partial charge in [-0.3, -0.25) is 0 Å². The number of anilines is 3. The minimum Gasteiger partial charge on any atom is -0.310 e. The van der Waals surface area contributed by atoms with Crippen molar-refractivity contribution in [1.29, 1.82) is 0 Å². The molecule has 2 aromatic heterocycles. The lowest BCUT2D eigenvalue weighted by atomic mass is 9.97. The summed E-state index contributed by atoms with van der Waals surface area (Å²) in [5, 5.41) is 12.8. The third-order valence-electron chi connectivity index (χ3n) is 13.0. The van der Waals surface area contributed by atoms with Crippen molar-refractivity contribution in [3.63, 3.8) is 0 Å². The summed E-state index contributed by atoms with van der Waals surface area (Å²) in [6.07, 6.45) is 0. The van der Waals surface area contributed by atoms with Crippen molar-refractivity contribution in [2.45, 2.75) is 0 Å². The zero-order valence-electron chi connectivity index (χ0n) is 34.2. The number of fused-ring (bicyclic) bond motifs is 11. The number of thiophene rings is 1. The lowest BCUT2D eigenvalue weighted by Crippen LogP contribution is -2.09. The maximum absolute atomic E-state index is 2.40. The summed E-state index contributed by atoms with van der Waals surface area (Å²) in [5.41, 5.74) is 11.7. The summed E-state index contributed by atoms with van der Waals surface area (Å²) in [7, 11) is 0. The molecule has 294 valence electrons. The van der Waals surface area contributed by atoms with Crippen molar-refractivity contribution in [1.82, 2.24) is 4.57 Å². The molecule has 2 nitrogen and oxygen atoms in total. The standard InChI is InChI=1S/C60H38N2S/c1-3-14-50-41(10-1)20-21-43-22-23-45(37-56(43)50)40-26-31-47(32-27-40)61(49-33-35-54-55-34-28-42-11-2-4-15-51(42)60(55)63-59(54)38-49)46-29-24-39(25-30-46)44-12-9-13-48(36-44)62-57-18-7-5-16-52(57)53-17-6-8-19-58(53)62/h1-38H. The first kappa shape index (κ1) is 35.7. The zero-order chi connectivity index (χ0) is 41.4. The van der Waals surface area contributed by atoms with Crippen molar-refractivity contribution < 1.29 is 0 Å². The molecule has 11 aromatic carbocycles. The van der Waals surface area contributed by atoms with Gasteiger partial charge >= 0.3 is 0 Å². The van der Waals surface area contributed by atoms with Gasteiger partial charge in [0.15, 0.2) is 0 Å². The molecule has 0 atom stereocenters. The molecule has 0 bridgehead atoms. The van der Waals surface area contributed by atoms with Crippen molar-refractivity contribution in [3.8, 4) is 27.9 Å². The number of nitrogens with zero attached hydrogens (tertiary/aromatic N) is 2. The van der Waals surface area contributed by atoms with Crippen LogP contribution in [0.1, 0.15) is 0 Å². The Hall–Kier alpha value is -7.98. The van der Waals surface area contributed by atoms with Crippen LogP contribution >= 0.6 is 11.3 Å². The lowest BCUT2D eigenvalue weighted by molar-refractivity contribution is 1.18. The van der Waals surface area contributed by atoms with Gasteiger partial charge in [-0.2, -0.15) is 0 Å². The number of rotatable bonds is 6. The van der Waals surface area contributed by atoms with E-state index in [4.69, 9.17) is 0 Å². The van der Waals surface area contributed by atoms with E-state index < -0.39 is 0 Å². The summed E-state index contributed by atoms with van der Waals surface area (Å²) in [6.45, 7) is 0. The molecule has 0 unspecified atom stereocenters. The van der Waals surface area contributed by atoms with Gasteiger partial charge in [0.1, 0.15) is 0 Å². The molecule has 0 fully saturated rings. The third-order valence-corrected chi connectivity index (χ3v) is 14.2. The predicted octanol–water partition coefficient (Wildman–Crippen LogP) is 17.4. The van der Waals surface area contributed by atoms with Gasteiger partial charge in [0.05, 0.1) is 11.0 Å². The second-order valence-electron chi connectivity index (χ2n) is 16.5. The van der Waals surface area contributed by atoms with Crippen LogP contribution in [-0.2, 0) is 0 Å². The molecule has 0 aliphatic heterocycles. The van der Waals surface area contributed by atoms with Gasteiger partial charge in [-0.15, -0.1) is 11.3 Å². The number of hydrogen-bond acceptors (Lipinski definition) is 2. The van der Waals surface area contributed by atoms with E-state index in [-0.39, 0.29) is 0 Å². The van der Waals surface area contributed by atoms with Crippen LogP contribution in [0.3, 0.4) is 0 Å². The van der Waals surface area contributed by atoms with E-state index in [9.17, 15) is 0 Å². The summed E-state index contributed by atoms with van der Waals surface area (Å²) in [4.78, 5) is 2.40. The van der Waals surface area contributed by atoms with Crippen LogP contribution in [0.15, 0.2) is 231 Å². The molecule has 0 aliphatic carbocycles. The molecule has 0 spiro atoms. The summed E-state index contributed by atoms with van der Waals surface area (Å²) >= 11 is 1.89. The van der Waals surface area contributed by atoms with Gasteiger partial charge in [-0.25, -0.2) is 0 Å². The molecular weight excluding hydrogens is 781 g/mol. The molecule has 0 aliphatic rings. The normalized spacial score (nSPS) is 11.8. The highest BCUT2D eigenvalue weighted by molar-refractivity contribution is 7.26. The van der Waals surface area contributed by atoms with E-state index >= 15 is 0 Å². The van der Waals surface area contributed by atoms with E-state index in [1.165, 1.54) is 96.5 Å². The largest absolute Gasteiger partial charge is 0.310 e. The highest BCUT2D eigenvalue weighted by Gasteiger charge is 2.18. The summed E-state index contributed by atoms with van der Waals surface area (Å²) in [5.74, 6) is 0. The van der Waals surface area contributed by atoms with Crippen LogP contribution in [-0.4, -0.2) is 4.57 Å². The van der Waals surface area contributed by atoms with E-state index in [1.807, 2.05) is 11.3 Å². The Kier molecular flexibility index (Phi) is 8.12. The van der Waals surface area contributed by atoms with Crippen LogP contribution in [0.25, 0.3) is 102 Å². The second-order valence-corrected chi connectivity index (χ2v) is 17.6. The van der Waals surface area contributed by atoms with Crippen molar-refractivity contribution in [2.75, 3.05) is 4.90 Å². The number of para-hydroxylation sites is 2. The van der Waals surface area contributed by atoms with E-state index in [0.717, 1.165) is 22.7 Å². The molecule has 13 aromatic rings. The smallest absolute Gasteiger partial charge is 0.0541 e. The average molecular weight is 819 g/mol. The number of aromatic nitrogens is 1. The average Bonchev–Trinajstić information content (AvgIpc) is 3.90. The molecule has 0 saturated heterocycles. The zero-order valence-corrected chi connectivity index (χ0v) is 35.1. The topological polar surface area (TPSA) is 8.17 Å². The molecular formula is C60H38N2S. The molecule has 13 rings (SSSR count). The Bertz CT molecular complexity index is 3860. The van der Waals surface area contributed by atoms with Crippen LogP contribution in [0.5, 0.6) is 0 Å². The number of hydrogen-bond donors (Lipinski definition) is 0. The van der Waals surface area contributed by atoms with Crippen LogP contribution in [0.2, 0.25) is 0 Å². The Morgan fingerprint density at radius 3 is 1.51 bits per heavy atom. The van der Waals surface area contributed by atoms with Gasteiger partial charge < -0.3 is 9.47 Å². The highest BCUT2D eigenvalue weighted by Crippen LogP contribution is 2.44. The van der Waals surface area contributed by atoms with Crippen molar-refractivity contribution >= 4 is 103 Å². The Balaban J connectivity index is 0.913. The van der Waals surface area contributed by atoms with Crippen LogP contribution in [0.4, 0.5) is 17.1 Å². The second kappa shape index (κ2) is 14.3. The molecule has 0 N–H and O–H groups in total. The van der Waals surface area contributed by atoms with Crippen LogP contribution < -0.4 is 4.90 Å². The van der Waals surface area contributed by atoms with E-state index in [2.05, 4.69) is 240 Å². The minimum absolute atomic E-state index is 1.10. The van der Waals surface area contributed by atoms with Crippen molar-refractivity contribution in [3.05, 3.63) is 231 Å². The predicted molar refractivity (Wildman–Crippen MR) is 272 cm³/mol. The molecule has 63 heavy (non-hydrogen) atoms. The van der Waals surface area contributed by atoms with Gasteiger partial charge in [-0.05, 0) is 121 Å². The Labute approximate surface area is 368 Å². The fourth-order valence-corrected chi connectivity index (χ4v) is 11.2. The molecule has 0 saturated carbocycles. The molecule has 0 amide bonds. The maximum Gasteiger partial charge on any atom is 0.0541 e. The Morgan fingerprint density at radius 2 is 0.810 bits per heavy atom. The first-order chi connectivity index (χ1) is 31.2. The quantitative estimate of drug-likeness (QED) is 0.152. The van der Waals surface area contributed by atoms with Gasteiger partial charge in [0.25, 0.3) is 0 Å². The Morgan fingerprint density at radius 1 is 0.302 bits per heavy atom. The minimum atomic E-state index is 1.10. The van der Waals surface area contributed by atoms with E-state index in [1.54, 1.807) is 0 Å². The van der Waals surface area contributed by atoms with Gasteiger partial charge in [-0.1, -0.05) is 164 Å². The maximum atomic E-state index is 2.40. The lowest BCUT2D eigenvalue weighted by Gasteiger charge is -2.26. The summed E-state index contributed by atoms with van der Waals surface area (Å²) in [6, 6.07) is 84.7. The fraction of sp³-hybridized carbons (Fsp3) is 0. The molecule has 2 heterocycles. The van der Waals surface area contributed by atoms with Crippen LogP contribution in [0, 0.1) is 0 Å². The summed E-state index contributed by atoms with van der Waals surface area (Å²) < 4.78 is 5.01. The molecule has 3 heteroatoms. The van der Waals surface area contributed by atoms with Crippen molar-refractivity contribution in [2.24, 2.45) is 0 Å². The first-order valence-corrected chi connectivity index (χ1v) is 22.4. The van der Waals surface area contributed by atoms with E-state index in [0.29, 0.717) is 0 Å². The third kappa shape index (κ3) is 5.85. The van der Waals surface area contributed by atoms with Gasteiger partial charge in [0, 0.05) is 53.7 Å². The fourth-order valence-electron chi connectivity index (χ4n) is 9.89. The first-order valence-electron chi connectivity index (χ1n) is 21.6. The monoisotopic (exact) mass is 818 g/mol.